The predicted molar refractivity (Wildman–Crippen MR) is 121 cm³/mol. The van der Waals surface area contributed by atoms with Crippen molar-refractivity contribution in [2.75, 3.05) is 11.6 Å². The zero-order valence-corrected chi connectivity index (χ0v) is 17.8. The molecule has 1 aliphatic rings. The number of hydrogen-bond donors (Lipinski definition) is 2. The van der Waals surface area contributed by atoms with Gasteiger partial charge in [0.05, 0.1) is 30.5 Å². The Balaban J connectivity index is 1.53. The van der Waals surface area contributed by atoms with Crippen molar-refractivity contribution in [3.63, 3.8) is 0 Å². The van der Waals surface area contributed by atoms with Crippen LogP contribution < -0.4 is 10.4 Å². The molecule has 0 spiro atoms. The number of furan rings is 1. The van der Waals surface area contributed by atoms with Crippen LogP contribution in [0.2, 0.25) is 10.0 Å². The van der Waals surface area contributed by atoms with Gasteiger partial charge in [-0.15, -0.1) is 0 Å². The van der Waals surface area contributed by atoms with E-state index >= 15 is 0 Å². The third-order valence-electron chi connectivity index (χ3n) is 5.57. The molecule has 0 saturated heterocycles. The lowest BCUT2D eigenvalue weighted by atomic mass is 9.92. The molecule has 7 heteroatoms. The Morgan fingerprint density at radius 1 is 1.06 bits per heavy atom. The maximum atomic E-state index is 13.6. The van der Waals surface area contributed by atoms with E-state index in [0.29, 0.717) is 15.6 Å². The van der Waals surface area contributed by atoms with Crippen LogP contribution in [0.3, 0.4) is 0 Å². The first-order valence-corrected chi connectivity index (χ1v) is 10.5. The van der Waals surface area contributed by atoms with E-state index in [4.69, 9.17) is 27.6 Å². The highest BCUT2D eigenvalue weighted by Gasteiger charge is 2.39. The number of aliphatic hydroxyl groups excluding tert-OH is 1. The van der Waals surface area contributed by atoms with Gasteiger partial charge in [-0.2, -0.15) is 0 Å². The summed E-state index contributed by atoms with van der Waals surface area (Å²) in [5.41, 5.74) is 7.11. The van der Waals surface area contributed by atoms with E-state index in [1.54, 1.807) is 24.5 Å². The van der Waals surface area contributed by atoms with Crippen LogP contribution in [0.1, 0.15) is 28.7 Å². The first kappa shape index (κ1) is 20.1. The molecule has 2 heterocycles. The number of benzene rings is 3. The number of aliphatic hydroxyl groups is 1. The lowest BCUT2D eigenvalue weighted by molar-refractivity contribution is -0.119. The molecular formula is C24H18Cl2N2O3. The average Bonchev–Trinajstić information content (AvgIpc) is 3.34. The SMILES string of the molecule is O=C1C(c2ccc3occc3c2)c2ccccc2N1N[C@H](CO)c1ccc(Cl)cc1Cl. The van der Waals surface area contributed by atoms with Gasteiger partial charge < -0.3 is 9.52 Å². The van der Waals surface area contributed by atoms with Crippen molar-refractivity contribution < 1.29 is 14.3 Å². The molecule has 2 N–H and O–H groups in total. The predicted octanol–water partition coefficient (Wildman–Crippen LogP) is 5.46. The number of hydrazine groups is 1. The van der Waals surface area contributed by atoms with Crippen molar-refractivity contribution in [2.24, 2.45) is 0 Å². The minimum Gasteiger partial charge on any atom is -0.464 e. The van der Waals surface area contributed by atoms with Crippen molar-refractivity contribution in [1.82, 2.24) is 5.43 Å². The highest BCUT2D eigenvalue weighted by molar-refractivity contribution is 6.35. The molecular weight excluding hydrogens is 435 g/mol. The van der Waals surface area contributed by atoms with Crippen LogP contribution >= 0.6 is 23.2 Å². The molecule has 156 valence electrons. The Labute approximate surface area is 188 Å². The molecule has 0 bridgehead atoms. The molecule has 0 fully saturated rings. The average molecular weight is 453 g/mol. The Hall–Kier alpha value is -2.83. The fraction of sp³-hybridized carbons (Fsp3) is 0.125. The van der Waals surface area contributed by atoms with Crippen LogP contribution in [0, 0.1) is 0 Å². The van der Waals surface area contributed by atoms with Crippen molar-refractivity contribution >= 4 is 45.8 Å². The third-order valence-corrected chi connectivity index (χ3v) is 6.13. The number of rotatable bonds is 5. The van der Waals surface area contributed by atoms with E-state index in [1.165, 1.54) is 5.01 Å². The maximum absolute atomic E-state index is 13.6. The van der Waals surface area contributed by atoms with Crippen molar-refractivity contribution in [1.29, 1.82) is 0 Å². The highest BCUT2D eigenvalue weighted by atomic mass is 35.5. The molecule has 31 heavy (non-hydrogen) atoms. The minimum atomic E-state index is -0.586. The summed E-state index contributed by atoms with van der Waals surface area (Å²) in [6.45, 7) is -0.251. The fourth-order valence-electron chi connectivity index (χ4n) is 4.08. The molecule has 0 aliphatic carbocycles. The number of hydrogen-bond acceptors (Lipinski definition) is 4. The van der Waals surface area contributed by atoms with E-state index < -0.39 is 12.0 Å². The van der Waals surface area contributed by atoms with Crippen LogP contribution in [0.4, 0.5) is 5.69 Å². The number of fused-ring (bicyclic) bond motifs is 2. The van der Waals surface area contributed by atoms with E-state index in [2.05, 4.69) is 5.43 Å². The smallest absolute Gasteiger partial charge is 0.253 e. The number of amides is 1. The standard InChI is InChI=1S/C24H18Cl2N2O3/c25-16-6-7-17(19(26)12-16)20(13-29)27-28-21-4-2-1-3-18(21)23(24(28)30)15-5-8-22-14(11-15)9-10-31-22/h1-12,20,23,27,29H,13H2/t20-,23?/m1/s1. The van der Waals surface area contributed by atoms with Crippen LogP contribution in [-0.4, -0.2) is 17.6 Å². The quantitative estimate of drug-likeness (QED) is 0.422. The third kappa shape index (κ3) is 3.50. The summed E-state index contributed by atoms with van der Waals surface area (Å²) >= 11 is 12.4. The summed E-state index contributed by atoms with van der Waals surface area (Å²) in [6, 6.07) is 19.7. The number of halogens is 2. The summed E-state index contributed by atoms with van der Waals surface area (Å²) in [5.74, 6) is -0.601. The lowest BCUT2D eigenvalue weighted by Gasteiger charge is -2.26. The summed E-state index contributed by atoms with van der Waals surface area (Å²) in [7, 11) is 0. The molecule has 5 rings (SSSR count). The highest BCUT2D eigenvalue weighted by Crippen LogP contribution is 2.41. The van der Waals surface area contributed by atoms with Crippen LogP contribution in [0.15, 0.2) is 77.4 Å². The van der Waals surface area contributed by atoms with Crippen LogP contribution in [-0.2, 0) is 4.79 Å². The number of nitrogens with one attached hydrogen (secondary N) is 1. The Morgan fingerprint density at radius 3 is 2.71 bits per heavy atom. The summed E-state index contributed by atoms with van der Waals surface area (Å²) in [4.78, 5) is 13.6. The first-order chi connectivity index (χ1) is 15.1. The molecule has 1 aliphatic heterocycles. The van der Waals surface area contributed by atoms with Crippen molar-refractivity contribution in [2.45, 2.75) is 12.0 Å². The van der Waals surface area contributed by atoms with Gasteiger partial charge in [0.15, 0.2) is 0 Å². The first-order valence-electron chi connectivity index (χ1n) is 9.79. The van der Waals surface area contributed by atoms with Crippen molar-refractivity contribution in [3.8, 4) is 0 Å². The second kappa shape index (κ2) is 8.02. The Kier molecular flexibility index (Phi) is 5.20. The van der Waals surface area contributed by atoms with Gasteiger partial charge in [-0.3, -0.25) is 4.79 Å². The molecule has 2 atom stereocenters. The zero-order valence-electron chi connectivity index (χ0n) is 16.3. The van der Waals surface area contributed by atoms with Gasteiger partial charge in [0.1, 0.15) is 5.58 Å². The number of carbonyl (C=O) groups is 1. The molecule has 4 aromatic rings. The molecule has 0 saturated carbocycles. The van der Waals surface area contributed by atoms with Crippen LogP contribution in [0.5, 0.6) is 0 Å². The van der Waals surface area contributed by atoms with Crippen LogP contribution in [0.25, 0.3) is 11.0 Å². The molecule has 1 aromatic heterocycles. The second-order valence-electron chi connectivity index (χ2n) is 7.41. The van der Waals surface area contributed by atoms with Gasteiger partial charge >= 0.3 is 0 Å². The number of para-hydroxylation sites is 1. The fourth-order valence-corrected chi connectivity index (χ4v) is 4.62. The summed E-state index contributed by atoms with van der Waals surface area (Å²) in [5, 5.41) is 13.4. The minimum absolute atomic E-state index is 0.132. The summed E-state index contributed by atoms with van der Waals surface area (Å²) < 4.78 is 5.43. The molecule has 3 aromatic carbocycles. The maximum Gasteiger partial charge on any atom is 0.253 e. The van der Waals surface area contributed by atoms with Gasteiger partial charge in [0.2, 0.25) is 0 Å². The van der Waals surface area contributed by atoms with Gasteiger partial charge in [0.25, 0.3) is 5.91 Å². The number of carbonyl (C=O) groups excluding carboxylic acids is 1. The van der Waals surface area contributed by atoms with Crippen molar-refractivity contribution in [3.05, 3.63) is 99.7 Å². The van der Waals surface area contributed by atoms with E-state index in [-0.39, 0.29) is 12.5 Å². The molecule has 5 nitrogen and oxygen atoms in total. The second-order valence-corrected chi connectivity index (χ2v) is 8.26. The molecule has 0 radical (unpaired) electrons. The molecule has 1 unspecified atom stereocenters. The Bertz CT molecular complexity index is 1290. The normalized spacial score (nSPS) is 16.7. The Morgan fingerprint density at radius 2 is 1.90 bits per heavy atom. The topological polar surface area (TPSA) is 65.7 Å². The number of nitrogens with zero attached hydrogens (tertiary/aromatic N) is 1. The number of anilines is 1. The zero-order chi connectivity index (χ0) is 21.5. The van der Waals surface area contributed by atoms with E-state index in [0.717, 1.165) is 27.8 Å². The summed E-state index contributed by atoms with van der Waals surface area (Å²) in [6.07, 6.45) is 1.63. The lowest BCUT2D eigenvalue weighted by Crippen LogP contribution is -2.45. The largest absolute Gasteiger partial charge is 0.464 e. The van der Waals surface area contributed by atoms with E-state index in [9.17, 15) is 9.90 Å². The monoisotopic (exact) mass is 452 g/mol. The van der Waals surface area contributed by atoms with Gasteiger partial charge in [0, 0.05) is 15.4 Å². The van der Waals surface area contributed by atoms with Gasteiger partial charge in [-0.1, -0.05) is 53.5 Å². The van der Waals surface area contributed by atoms with Gasteiger partial charge in [-0.05, 0) is 53.1 Å². The van der Waals surface area contributed by atoms with Gasteiger partial charge in [-0.25, -0.2) is 10.4 Å². The molecule has 1 amide bonds. The van der Waals surface area contributed by atoms with E-state index in [1.807, 2.05) is 48.5 Å².